The first-order valence-corrected chi connectivity index (χ1v) is 6.32. The van der Waals surface area contributed by atoms with Crippen LogP contribution in [0.2, 0.25) is 0 Å². The molecule has 1 aromatic heterocycles. The molecule has 0 spiro atoms. The van der Waals surface area contributed by atoms with Crippen LogP contribution in [0.5, 0.6) is 0 Å². The number of hydrogen-bond acceptors (Lipinski definition) is 4. The molecular weight excluding hydrogens is 214 g/mol. The Morgan fingerprint density at radius 2 is 2.27 bits per heavy atom. The second kappa shape index (κ2) is 5.09. The van der Waals surface area contributed by atoms with Gasteiger partial charge in [-0.05, 0) is 32.0 Å². The molecule has 84 valence electrons. The van der Waals surface area contributed by atoms with E-state index < -0.39 is 10.0 Å². The number of hydrogen-bond donors (Lipinski definition) is 2. The topological polar surface area (TPSA) is 85.1 Å². The Morgan fingerprint density at radius 3 is 2.87 bits per heavy atom. The van der Waals surface area contributed by atoms with Crippen LogP contribution >= 0.6 is 0 Å². The maximum atomic E-state index is 11.5. The molecule has 3 N–H and O–H groups in total. The first kappa shape index (κ1) is 11.9. The molecule has 0 aliphatic heterocycles. The van der Waals surface area contributed by atoms with Crippen LogP contribution < -0.4 is 10.5 Å². The van der Waals surface area contributed by atoms with Gasteiger partial charge < -0.3 is 5.73 Å². The van der Waals surface area contributed by atoms with E-state index in [0.29, 0.717) is 24.3 Å². The lowest BCUT2D eigenvalue weighted by atomic mass is 10.3. The molecule has 6 heteroatoms. The molecule has 0 saturated heterocycles. The van der Waals surface area contributed by atoms with Crippen LogP contribution in [0.3, 0.4) is 0 Å². The highest BCUT2D eigenvalue weighted by Crippen LogP contribution is 2.12. The zero-order valence-corrected chi connectivity index (χ0v) is 9.42. The fraction of sp³-hybridized carbons (Fsp3) is 0.444. The lowest BCUT2D eigenvalue weighted by Crippen LogP contribution is -2.19. The van der Waals surface area contributed by atoms with Gasteiger partial charge in [-0.3, -0.25) is 9.71 Å². The van der Waals surface area contributed by atoms with E-state index in [0.717, 1.165) is 0 Å². The van der Waals surface area contributed by atoms with Crippen molar-refractivity contribution in [2.75, 3.05) is 17.0 Å². The summed E-state index contributed by atoms with van der Waals surface area (Å²) in [7, 11) is -3.29. The van der Waals surface area contributed by atoms with Crippen LogP contribution in [0.15, 0.2) is 18.3 Å². The SMILES string of the molecule is Cc1ncccc1NS(=O)(=O)CCCN. The van der Waals surface area contributed by atoms with Gasteiger partial charge in [0.25, 0.3) is 0 Å². The molecule has 0 aromatic carbocycles. The van der Waals surface area contributed by atoms with Crippen molar-refractivity contribution >= 4 is 15.7 Å². The molecule has 5 nitrogen and oxygen atoms in total. The number of nitrogens with zero attached hydrogens (tertiary/aromatic N) is 1. The molecule has 0 fully saturated rings. The molecule has 15 heavy (non-hydrogen) atoms. The highest BCUT2D eigenvalue weighted by atomic mass is 32.2. The van der Waals surface area contributed by atoms with Gasteiger partial charge in [0.1, 0.15) is 0 Å². The van der Waals surface area contributed by atoms with Crippen molar-refractivity contribution in [1.82, 2.24) is 4.98 Å². The highest BCUT2D eigenvalue weighted by Gasteiger charge is 2.10. The van der Waals surface area contributed by atoms with Crippen molar-refractivity contribution in [3.05, 3.63) is 24.0 Å². The van der Waals surface area contributed by atoms with Crippen molar-refractivity contribution in [2.45, 2.75) is 13.3 Å². The van der Waals surface area contributed by atoms with E-state index >= 15 is 0 Å². The number of anilines is 1. The molecule has 1 heterocycles. The highest BCUT2D eigenvalue weighted by molar-refractivity contribution is 7.92. The van der Waals surface area contributed by atoms with Gasteiger partial charge in [-0.15, -0.1) is 0 Å². The molecular formula is C9H15N3O2S. The number of aryl methyl sites for hydroxylation is 1. The average molecular weight is 229 g/mol. The van der Waals surface area contributed by atoms with Crippen LogP contribution in [0.25, 0.3) is 0 Å². The second-order valence-corrected chi connectivity index (χ2v) is 5.04. The van der Waals surface area contributed by atoms with Crippen molar-refractivity contribution in [3.8, 4) is 0 Å². The quantitative estimate of drug-likeness (QED) is 0.769. The number of nitrogens with two attached hydrogens (primary N) is 1. The first-order valence-electron chi connectivity index (χ1n) is 4.67. The lowest BCUT2D eigenvalue weighted by Gasteiger charge is -2.08. The van der Waals surface area contributed by atoms with Gasteiger partial charge in [0.2, 0.25) is 10.0 Å². The Morgan fingerprint density at radius 1 is 1.53 bits per heavy atom. The van der Waals surface area contributed by atoms with E-state index in [1.807, 2.05) is 0 Å². The van der Waals surface area contributed by atoms with E-state index in [1.54, 1.807) is 25.3 Å². The molecule has 1 rings (SSSR count). The summed E-state index contributed by atoms with van der Waals surface area (Å²) in [4.78, 5) is 3.99. The van der Waals surface area contributed by atoms with Gasteiger partial charge in [-0.25, -0.2) is 8.42 Å². The van der Waals surface area contributed by atoms with Crippen molar-refractivity contribution in [1.29, 1.82) is 0 Å². The van der Waals surface area contributed by atoms with Crippen LogP contribution in [0.1, 0.15) is 12.1 Å². The molecule has 0 amide bonds. The summed E-state index contributed by atoms with van der Waals surface area (Å²) in [6.45, 7) is 2.12. The van der Waals surface area contributed by atoms with Crippen molar-refractivity contribution < 1.29 is 8.42 Å². The summed E-state index contributed by atoms with van der Waals surface area (Å²) >= 11 is 0. The van der Waals surface area contributed by atoms with Crippen LogP contribution in [-0.2, 0) is 10.0 Å². The number of rotatable bonds is 5. The fourth-order valence-corrected chi connectivity index (χ4v) is 2.28. The predicted molar refractivity (Wildman–Crippen MR) is 60.1 cm³/mol. The van der Waals surface area contributed by atoms with Gasteiger partial charge in [-0.1, -0.05) is 0 Å². The zero-order chi connectivity index (χ0) is 11.3. The summed E-state index contributed by atoms with van der Waals surface area (Å²) in [6, 6.07) is 3.37. The Balaban J connectivity index is 2.74. The second-order valence-electron chi connectivity index (χ2n) is 3.20. The minimum atomic E-state index is -3.29. The molecule has 0 unspecified atom stereocenters. The molecule has 0 bridgehead atoms. The molecule has 0 radical (unpaired) electrons. The third-order valence-corrected chi connectivity index (χ3v) is 3.25. The Kier molecular flexibility index (Phi) is 4.05. The standard InChI is InChI=1S/C9H15N3O2S/c1-8-9(4-2-6-11-8)12-15(13,14)7-3-5-10/h2,4,6,12H,3,5,7,10H2,1H3. The first-order chi connectivity index (χ1) is 7.05. The van der Waals surface area contributed by atoms with Gasteiger partial charge in [-0.2, -0.15) is 0 Å². The number of pyridine rings is 1. The largest absolute Gasteiger partial charge is 0.330 e. The monoisotopic (exact) mass is 229 g/mol. The van der Waals surface area contributed by atoms with E-state index in [1.165, 1.54) is 0 Å². The van der Waals surface area contributed by atoms with Gasteiger partial charge >= 0.3 is 0 Å². The summed E-state index contributed by atoms with van der Waals surface area (Å²) in [6.07, 6.45) is 2.07. The van der Waals surface area contributed by atoms with Gasteiger partial charge in [0, 0.05) is 6.20 Å². The van der Waals surface area contributed by atoms with Crippen LogP contribution in [0.4, 0.5) is 5.69 Å². The zero-order valence-electron chi connectivity index (χ0n) is 8.60. The molecule has 1 aromatic rings. The summed E-state index contributed by atoms with van der Waals surface area (Å²) in [5, 5.41) is 0. The minimum Gasteiger partial charge on any atom is -0.330 e. The summed E-state index contributed by atoms with van der Waals surface area (Å²) in [5.41, 5.74) is 6.44. The van der Waals surface area contributed by atoms with Crippen molar-refractivity contribution in [2.24, 2.45) is 5.73 Å². The number of sulfonamides is 1. The number of aromatic nitrogens is 1. The average Bonchev–Trinajstić information content (AvgIpc) is 2.18. The lowest BCUT2D eigenvalue weighted by molar-refractivity contribution is 0.598. The normalized spacial score (nSPS) is 11.3. The number of nitrogens with one attached hydrogen (secondary N) is 1. The molecule has 0 aliphatic carbocycles. The Hall–Kier alpha value is -1.14. The van der Waals surface area contributed by atoms with Crippen LogP contribution in [-0.4, -0.2) is 25.7 Å². The molecule has 0 atom stereocenters. The Labute approximate surface area is 89.8 Å². The minimum absolute atomic E-state index is 0.0395. The maximum Gasteiger partial charge on any atom is 0.232 e. The van der Waals surface area contributed by atoms with Crippen molar-refractivity contribution in [3.63, 3.8) is 0 Å². The summed E-state index contributed by atoms with van der Waals surface area (Å²) < 4.78 is 25.5. The fourth-order valence-electron chi connectivity index (χ4n) is 1.08. The third kappa shape index (κ3) is 3.85. The predicted octanol–water partition coefficient (Wildman–Crippen LogP) is 0.481. The van der Waals surface area contributed by atoms with E-state index in [2.05, 4.69) is 9.71 Å². The Bertz CT molecular complexity index is 417. The van der Waals surface area contributed by atoms with Gasteiger partial charge in [0.05, 0.1) is 17.1 Å². The molecule has 0 saturated carbocycles. The smallest absolute Gasteiger partial charge is 0.232 e. The van der Waals surface area contributed by atoms with E-state index in [-0.39, 0.29) is 5.75 Å². The summed E-state index contributed by atoms with van der Waals surface area (Å²) in [5.74, 6) is 0.0395. The third-order valence-electron chi connectivity index (χ3n) is 1.89. The van der Waals surface area contributed by atoms with E-state index in [9.17, 15) is 8.42 Å². The van der Waals surface area contributed by atoms with Crippen LogP contribution in [0, 0.1) is 6.92 Å². The van der Waals surface area contributed by atoms with E-state index in [4.69, 9.17) is 5.73 Å². The maximum absolute atomic E-state index is 11.5. The molecule has 0 aliphatic rings. The van der Waals surface area contributed by atoms with Gasteiger partial charge in [0.15, 0.2) is 0 Å².